The molecule has 20 heavy (non-hydrogen) atoms. The average molecular weight is 292 g/mol. The maximum atomic E-state index is 5.87. The van der Waals surface area contributed by atoms with Crippen molar-refractivity contribution in [3.8, 4) is 0 Å². The van der Waals surface area contributed by atoms with Crippen LogP contribution >= 0.6 is 11.6 Å². The van der Waals surface area contributed by atoms with Crippen molar-refractivity contribution < 1.29 is 0 Å². The number of nitrogens with zero attached hydrogens (tertiary/aromatic N) is 2. The van der Waals surface area contributed by atoms with Gasteiger partial charge >= 0.3 is 0 Å². The minimum Gasteiger partial charge on any atom is -0.311 e. The van der Waals surface area contributed by atoms with Crippen LogP contribution in [0.15, 0.2) is 36.5 Å². The molecule has 2 rings (SSSR count). The lowest BCUT2D eigenvalue weighted by Gasteiger charge is -2.08. The van der Waals surface area contributed by atoms with E-state index in [4.69, 9.17) is 11.6 Å². The second-order valence-corrected chi connectivity index (χ2v) is 5.53. The molecule has 1 aromatic heterocycles. The predicted molar refractivity (Wildman–Crippen MR) is 84.1 cm³/mol. The Bertz CT molecular complexity index is 519. The van der Waals surface area contributed by atoms with E-state index in [0.717, 1.165) is 36.6 Å². The molecule has 0 aliphatic rings. The normalized spacial score (nSPS) is 12.6. The number of aromatic nitrogens is 2. The van der Waals surface area contributed by atoms with Gasteiger partial charge in [-0.05, 0) is 50.1 Å². The highest BCUT2D eigenvalue weighted by Gasteiger charge is 2.04. The first kappa shape index (κ1) is 15.1. The molecule has 0 amide bonds. The third-order valence-electron chi connectivity index (χ3n) is 3.52. The van der Waals surface area contributed by atoms with E-state index in [1.807, 2.05) is 16.8 Å². The van der Waals surface area contributed by atoms with E-state index in [-0.39, 0.29) is 0 Å². The summed E-state index contributed by atoms with van der Waals surface area (Å²) in [5, 5.41) is 8.79. The van der Waals surface area contributed by atoms with Gasteiger partial charge in [0.25, 0.3) is 0 Å². The third kappa shape index (κ3) is 4.36. The Balaban J connectivity index is 1.73. The van der Waals surface area contributed by atoms with Crippen LogP contribution in [0.1, 0.15) is 37.6 Å². The molecule has 0 spiro atoms. The maximum absolute atomic E-state index is 5.87. The first-order valence-corrected chi connectivity index (χ1v) is 7.56. The fraction of sp³-hybridized carbons (Fsp3) is 0.438. The van der Waals surface area contributed by atoms with Crippen LogP contribution in [0.3, 0.4) is 0 Å². The van der Waals surface area contributed by atoms with Gasteiger partial charge in [-0.2, -0.15) is 5.10 Å². The first-order chi connectivity index (χ1) is 9.69. The maximum Gasteiger partial charge on any atom is 0.0762 e. The van der Waals surface area contributed by atoms with Crippen LogP contribution in [0.4, 0.5) is 0 Å². The molecule has 1 atom stereocenters. The number of nitrogens with one attached hydrogen (secondary N) is 1. The van der Waals surface area contributed by atoms with Crippen LogP contribution in [0, 0.1) is 0 Å². The van der Waals surface area contributed by atoms with Crippen LogP contribution < -0.4 is 5.32 Å². The summed E-state index contributed by atoms with van der Waals surface area (Å²) in [7, 11) is 0. The van der Waals surface area contributed by atoms with Gasteiger partial charge in [-0.3, -0.25) is 4.68 Å². The minimum atomic E-state index is 0.470. The molecule has 0 bridgehead atoms. The molecule has 4 heteroatoms. The summed E-state index contributed by atoms with van der Waals surface area (Å²) in [6.07, 6.45) is 4.17. The van der Waals surface area contributed by atoms with E-state index in [9.17, 15) is 0 Å². The van der Waals surface area contributed by atoms with Crippen molar-refractivity contribution in [2.75, 3.05) is 6.54 Å². The third-order valence-corrected chi connectivity index (χ3v) is 3.77. The molecule has 0 aliphatic heterocycles. The topological polar surface area (TPSA) is 29.9 Å². The lowest BCUT2D eigenvalue weighted by molar-refractivity contribution is 0.471. The molecule has 0 saturated carbocycles. The highest BCUT2D eigenvalue weighted by atomic mass is 35.5. The van der Waals surface area contributed by atoms with Gasteiger partial charge in [-0.25, -0.2) is 0 Å². The zero-order chi connectivity index (χ0) is 14.4. The molecule has 108 valence electrons. The van der Waals surface area contributed by atoms with Gasteiger partial charge < -0.3 is 5.32 Å². The zero-order valence-electron chi connectivity index (χ0n) is 12.1. The quantitative estimate of drug-likeness (QED) is 0.786. The van der Waals surface area contributed by atoms with E-state index in [1.165, 1.54) is 5.56 Å². The van der Waals surface area contributed by atoms with Crippen molar-refractivity contribution >= 4 is 11.6 Å². The molecule has 2 aromatic rings. The van der Waals surface area contributed by atoms with Gasteiger partial charge in [-0.15, -0.1) is 0 Å². The van der Waals surface area contributed by atoms with Gasteiger partial charge in [0.15, 0.2) is 0 Å². The summed E-state index contributed by atoms with van der Waals surface area (Å²) < 4.78 is 2.04. The molecule has 3 nitrogen and oxygen atoms in total. The van der Waals surface area contributed by atoms with Crippen LogP contribution in [0.5, 0.6) is 0 Å². The summed E-state index contributed by atoms with van der Waals surface area (Å²) in [5.41, 5.74) is 2.40. The molecule has 0 saturated heterocycles. The van der Waals surface area contributed by atoms with E-state index < -0.39 is 0 Å². The van der Waals surface area contributed by atoms with Crippen molar-refractivity contribution in [2.45, 2.75) is 39.3 Å². The van der Waals surface area contributed by atoms with Gasteiger partial charge in [0, 0.05) is 23.8 Å². The fourth-order valence-electron chi connectivity index (χ4n) is 2.00. The van der Waals surface area contributed by atoms with Crippen LogP contribution in [-0.4, -0.2) is 16.3 Å². The largest absolute Gasteiger partial charge is 0.311 e. The monoisotopic (exact) mass is 291 g/mol. The Kier molecular flexibility index (Phi) is 5.62. The van der Waals surface area contributed by atoms with Crippen LogP contribution in [-0.2, 0) is 13.0 Å². The summed E-state index contributed by atoms with van der Waals surface area (Å²) >= 11 is 5.87. The number of benzene rings is 1. The number of hydrogen-bond donors (Lipinski definition) is 1. The molecule has 1 aromatic carbocycles. The Morgan fingerprint density at radius 2 is 2.00 bits per heavy atom. The average Bonchev–Trinajstić information content (AvgIpc) is 2.93. The second kappa shape index (κ2) is 7.46. The summed E-state index contributed by atoms with van der Waals surface area (Å²) in [6.45, 7) is 6.12. The van der Waals surface area contributed by atoms with Crippen LogP contribution in [0.2, 0.25) is 5.02 Å². The standard InChI is InChI=1S/C16H22ClN3/c1-3-13(2)20-11-9-16(19-20)12-18-10-8-14-4-6-15(17)7-5-14/h4-7,9,11,13,18H,3,8,10,12H2,1-2H3. The summed E-state index contributed by atoms with van der Waals surface area (Å²) in [4.78, 5) is 0. The molecule has 0 fully saturated rings. The molecular weight excluding hydrogens is 270 g/mol. The lowest BCUT2D eigenvalue weighted by Crippen LogP contribution is -2.17. The minimum absolute atomic E-state index is 0.470. The van der Waals surface area contributed by atoms with Crippen molar-refractivity contribution in [1.29, 1.82) is 0 Å². The highest BCUT2D eigenvalue weighted by molar-refractivity contribution is 6.30. The van der Waals surface area contributed by atoms with E-state index in [1.54, 1.807) is 0 Å². The van der Waals surface area contributed by atoms with E-state index in [2.05, 4.69) is 48.7 Å². The number of halogens is 1. The molecular formula is C16H22ClN3. The van der Waals surface area contributed by atoms with Crippen molar-refractivity contribution in [1.82, 2.24) is 15.1 Å². The van der Waals surface area contributed by atoms with Gasteiger partial charge in [-0.1, -0.05) is 30.7 Å². The smallest absolute Gasteiger partial charge is 0.0762 e. The van der Waals surface area contributed by atoms with Crippen LogP contribution in [0.25, 0.3) is 0 Å². The predicted octanol–water partition coefficient (Wildman–Crippen LogP) is 3.84. The van der Waals surface area contributed by atoms with E-state index in [0.29, 0.717) is 6.04 Å². The van der Waals surface area contributed by atoms with Gasteiger partial charge in [0.2, 0.25) is 0 Å². The highest BCUT2D eigenvalue weighted by Crippen LogP contribution is 2.10. The number of rotatable bonds is 7. The molecule has 0 radical (unpaired) electrons. The lowest BCUT2D eigenvalue weighted by atomic mass is 10.1. The summed E-state index contributed by atoms with van der Waals surface area (Å²) in [6, 6.07) is 10.6. The molecule has 0 aliphatic carbocycles. The molecule has 1 heterocycles. The molecule has 1 N–H and O–H groups in total. The van der Waals surface area contributed by atoms with Crippen molar-refractivity contribution in [3.63, 3.8) is 0 Å². The zero-order valence-corrected chi connectivity index (χ0v) is 12.9. The molecule has 1 unspecified atom stereocenters. The SMILES string of the molecule is CCC(C)n1ccc(CNCCc2ccc(Cl)cc2)n1. The first-order valence-electron chi connectivity index (χ1n) is 7.18. The summed E-state index contributed by atoms with van der Waals surface area (Å²) in [5.74, 6) is 0. The van der Waals surface area contributed by atoms with Gasteiger partial charge in [0.1, 0.15) is 0 Å². The van der Waals surface area contributed by atoms with E-state index >= 15 is 0 Å². The second-order valence-electron chi connectivity index (χ2n) is 5.10. The van der Waals surface area contributed by atoms with Crippen molar-refractivity contribution in [3.05, 3.63) is 52.8 Å². The Morgan fingerprint density at radius 3 is 2.70 bits per heavy atom. The Labute approximate surface area is 126 Å². The van der Waals surface area contributed by atoms with Gasteiger partial charge in [0.05, 0.1) is 5.69 Å². The Hall–Kier alpha value is -1.32. The number of hydrogen-bond acceptors (Lipinski definition) is 2. The Morgan fingerprint density at radius 1 is 1.25 bits per heavy atom. The van der Waals surface area contributed by atoms with Crippen molar-refractivity contribution in [2.24, 2.45) is 0 Å². The fourth-order valence-corrected chi connectivity index (χ4v) is 2.13.